The molecule has 0 fully saturated rings. The highest BCUT2D eigenvalue weighted by atomic mass is 16.6. The Labute approximate surface area is 507 Å². The van der Waals surface area contributed by atoms with Crippen molar-refractivity contribution in [2.24, 2.45) is 0 Å². The maximum absolute atomic E-state index is 14.1. The van der Waals surface area contributed by atoms with Crippen LogP contribution >= 0.6 is 0 Å². The van der Waals surface area contributed by atoms with Gasteiger partial charge in [-0.1, -0.05) is 116 Å². The largest absolute Gasteiger partial charge is 0.493 e. The third-order valence-corrected chi connectivity index (χ3v) is 13.9. The molecular weight excluding hydrogens is 1110 g/mol. The molecule has 0 aliphatic rings. The third kappa shape index (κ3) is 15.1. The molecule has 0 atom stereocenters. The number of carbonyl (C=O) groups is 6. The van der Waals surface area contributed by atoms with Crippen LogP contribution in [0.4, 0.5) is 0 Å². The van der Waals surface area contributed by atoms with Gasteiger partial charge in [-0.05, 0) is 178 Å². The molecule has 14 heteroatoms. The van der Waals surface area contributed by atoms with E-state index in [1.807, 2.05) is 103 Å². The average Bonchev–Trinajstić information content (AvgIpc) is 0.940. The first-order valence-corrected chi connectivity index (χ1v) is 28.2. The summed E-state index contributed by atoms with van der Waals surface area (Å²) in [6.07, 6.45) is 0.990. The minimum atomic E-state index is -0.582. The van der Waals surface area contributed by atoms with Crippen LogP contribution in [0.25, 0.3) is 54.9 Å². The molecule has 0 amide bonds. The molecule has 0 unspecified atom stereocenters. The van der Waals surface area contributed by atoms with Gasteiger partial charge in [0.05, 0.1) is 48.7 Å². The monoisotopic (exact) mass is 1170 g/mol. The van der Waals surface area contributed by atoms with Gasteiger partial charge in [0.15, 0.2) is 0 Å². The molecule has 0 aliphatic heterocycles. The normalized spacial score (nSPS) is 10.8. The van der Waals surface area contributed by atoms with E-state index in [4.69, 9.17) is 37.9 Å². The van der Waals surface area contributed by atoms with Crippen LogP contribution in [0.3, 0.4) is 0 Å². The van der Waals surface area contributed by atoms with Crippen molar-refractivity contribution in [3.63, 3.8) is 0 Å². The predicted octanol–water partition coefficient (Wildman–Crippen LogP) is 15.6. The highest BCUT2D eigenvalue weighted by molar-refractivity contribution is 6.09. The topological polar surface area (TPSA) is 176 Å². The zero-order valence-electron chi connectivity index (χ0n) is 48.2. The van der Waals surface area contributed by atoms with Gasteiger partial charge in [-0.25, -0.2) is 28.8 Å². The Morgan fingerprint density at radius 2 is 0.705 bits per heavy atom. The second kappa shape index (κ2) is 28.0. The van der Waals surface area contributed by atoms with Crippen LogP contribution in [0.1, 0.15) is 68.1 Å². The van der Waals surface area contributed by atoms with E-state index < -0.39 is 35.8 Å². The molecule has 0 saturated heterocycles. The highest BCUT2D eigenvalue weighted by Gasteiger charge is 2.21. The number of ether oxygens (including phenoxy) is 8. The number of hydrogen-bond donors (Lipinski definition) is 0. The first-order chi connectivity index (χ1) is 42.7. The predicted molar refractivity (Wildman–Crippen MR) is 335 cm³/mol. The second-order valence-electron chi connectivity index (χ2n) is 20.4. The third-order valence-electron chi connectivity index (χ3n) is 13.9. The number of benzene rings is 10. The van der Waals surface area contributed by atoms with Crippen LogP contribution < -0.4 is 28.4 Å². The number of carbonyl (C=O) groups excluding carboxylic acids is 6. The minimum absolute atomic E-state index is 0.205. The van der Waals surface area contributed by atoms with Crippen molar-refractivity contribution in [3.8, 4) is 67.9 Å². The van der Waals surface area contributed by atoms with Crippen LogP contribution in [0.2, 0.25) is 0 Å². The molecule has 0 spiro atoms. The lowest BCUT2D eigenvalue weighted by atomic mass is 9.92. The smallest absolute Gasteiger partial charge is 0.343 e. The molecule has 0 aliphatic carbocycles. The summed E-state index contributed by atoms with van der Waals surface area (Å²) in [7, 11) is 0. The van der Waals surface area contributed by atoms with Crippen molar-refractivity contribution >= 4 is 57.4 Å². The Morgan fingerprint density at radius 3 is 1.15 bits per heavy atom. The van der Waals surface area contributed by atoms with Gasteiger partial charge in [-0.15, -0.1) is 0 Å². The first kappa shape index (κ1) is 59.8. The van der Waals surface area contributed by atoms with Crippen LogP contribution in [-0.4, -0.2) is 62.2 Å². The molecule has 0 saturated carbocycles. The Kier molecular flexibility index (Phi) is 19.0. The van der Waals surface area contributed by atoms with Crippen molar-refractivity contribution in [2.45, 2.75) is 26.7 Å². The quantitative estimate of drug-likeness (QED) is 0.0256. The molecule has 14 nitrogen and oxygen atoms in total. The maximum Gasteiger partial charge on any atom is 0.343 e. The van der Waals surface area contributed by atoms with Crippen molar-refractivity contribution in [3.05, 3.63) is 265 Å². The van der Waals surface area contributed by atoms with E-state index in [1.54, 1.807) is 129 Å². The summed E-state index contributed by atoms with van der Waals surface area (Å²) in [6, 6.07) is 63.9. The summed E-state index contributed by atoms with van der Waals surface area (Å²) in [5, 5.41) is 3.36. The van der Waals surface area contributed by atoms with Crippen molar-refractivity contribution in [1.29, 1.82) is 0 Å². The van der Waals surface area contributed by atoms with Crippen LogP contribution in [-0.2, 0) is 19.1 Å². The summed E-state index contributed by atoms with van der Waals surface area (Å²) in [5.74, 6) is -0.735. The van der Waals surface area contributed by atoms with Gasteiger partial charge in [0.25, 0.3) is 0 Å². The summed E-state index contributed by atoms with van der Waals surface area (Å²) in [4.78, 5) is 77.0. The van der Waals surface area contributed by atoms with E-state index in [9.17, 15) is 28.8 Å². The fraction of sp³-hybridized carbons (Fsp3) is 0.108. The molecule has 0 bridgehead atoms. The zero-order valence-corrected chi connectivity index (χ0v) is 48.2. The molecule has 0 N–H and O–H groups in total. The standard InChI is InChI=1S/C74H58O14/c1-47(2)69(75)83-43-9-41-81-59-32-27-56(28-33-59)71(77)85-61-36-23-51(24-37-61)49-15-19-54(20-16-49)73(79)87-63-45-58-12-6-7-13-64(58)66(46-63)68-65-14-8-5-11-53(65)31-40-67(68)88-74(80)55-21-17-50(18-22-55)52-25-38-62(39-26-52)86-72(78)57-29-34-60(35-30-57)82-42-10-44-84-70(76)48(3)4/h5-8,11-40,45-46H,1,3,9-10,41-44H2,2,4H3. The van der Waals surface area contributed by atoms with Gasteiger partial charge in [0.2, 0.25) is 0 Å². The van der Waals surface area contributed by atoms with Gasteiger partial charge in [0.1, 0.15) is 34.5 Å². The van der Waals surface area contributed by atoms with Gasteiger partial charge in [-0.2, -0.15) is 0 Å². The summed E-state index contributed by atoms with van der Waals surface area (Å²) >= 11 is 0. The van der Waals surface area contributed by atoms with Crippen LogP contribution in [0, 0.1) is 0 Å². The molecule has 10 rings (SSSR count). The Hall–Kier alpha value is -11.4. The molecular formula is C74H58O14. The van der Waals surface area contributed by atoms with Crippen LogP contribution in [0.15, 0.2) is 243 Å². The number of rotatable bonds is 23. The fourth-order valence-corrected chi connectivity index (χ4v) is 9.30. The van der Waals surface area contributed by atoms with Crippen LogP contribution in [0.5, 0.6) is 34.5 Å². The van der Waals surface area contributed by atoms with Gasteiger partial charge >= 0.3 is 35.8 Å². The fourth-order valence-electron chi connectivity index (χ4n) is 9.30. The maximum atomic E-state index is 14.1. The molecule has 0 aromatic heterocycles. The second-order valence-corrected chi connectivity index (χ2v) is 20.4. The number of fused-ring (bicyclic) bond motifs is 2. The van der Waals surface area contributed by atoms with Crippen molar-refractivity contribution < 1.29 is 66.7 Å². The summed E-state index contributed by atoms with van der Waals surface area (Å²) in [5.41, 5.74) is 6.57. The lowest BCUT2D eigenvalue weighted by Gasteiger charge is -2.17. The molecule has 0 heterocycles. The molecule has 438 valence electrons. The van der Waals surface area contributed by atoms with Gasteiger partial charge < -0.3 is 37.9 Å². The minimum Gasteiger partial charge on any atom is -0.493 e. The van der Waals surface area contributed by atoms with Crippen molar-refractivity contribution in [2.75, 3.05) is 26.4 Å². The zero-order chi connectivity index (χ0) is 61.5. The number of hydrogen-bond acceptors (Lipinski definition) is 14. The van der Waals surface area contributed by atoms with Gasteiger partial charge in [-0.3, -0.25) is 0 Å². The van der Waals surface area contributed by atoms with E-state index in [0.29, 0.717) is 99.3 Å². The Morgan fingerprint density at radius 1 is 0.341 bits per heavy atom. The molecule has 0 radical (unpaired) electrons. The Balaban J connectivity index is 0.766. The lowest BCUT2D eigenvalue weighted by molar-refractivity contribution is -0.140. The summed E-state index contributed by atoms with van der Waals surface area (Å²) in [6.45, 7) is 11.3. The van der Waals surface area contributed by atoms with E-state index in [2.05, 4.69) is 13.2 Å². The van der Waals surface area contributed by atoms with E-state index in [-0.39, 0.29) is 19.0 Å². The summed E-state index contributed by atoms with van der Waals surface area (Å²) < 4.78 is 45.2. The van der Waals surface area contributed by atoms with Gasteiger partial charge in [0, 0.05) is 29.6 Å². The van der Waals surface area contributed by atoms with E-state index in [1.165, 1.54) is 0 Å². The first-order valence-electron chi connectivity index (χ1n) is 28.2. The highest BCUT2D eigenvalue weighted by Crippen LogP contribution is 2.43. The average molecular weight is 1170 g/mol. The SMILES string of the molecule is C=C(C)C(=O)OCCCOc1ccc(C(=O)Oc2ccc(-c3ccc(C(=O)Oc4cc(-c5c(OC(=O)c6ccc(-c7ccc(OC(=O)c8ccc(OCCCOC(=O)C(=C)C)cc8)cc7)cc6)ccc6ccccc56)c5ccccc5c4)cc3)cc2)cc1. The van der Waals surface area contributed by atoms with Crippen molar-refractivity contribution in [1.82, 2.24) is 0 Å². The number of esters is 6. The molecule has 10 aromatic carbocycles. The molecule has 88 heavy (non-hydrogen) atoms. The molecule has 10 aromatic rings. The van der Waals surface area contributed by atoms with E-state index in [0.717, 1.165) is 43.8 Å². The van der Waals surface area contributed by atoms with E-state index >= 15 is 0 Å². The Bertz CT molecular complexity index is 4230. The lowest BCUT2D eigenvalue weighted by Crippen LogP contribution is -2.10.